The van der Waals surface area contributed by atoms with Crippen molar-refractivity contribution >= 4 is 17.3 Å². The first kappa shape index (κ1) is 21.3. The highest BCUT2D eigenvalue weighted by molar-refractivity contribution is 5.69. The van der Waals surface area contributed by atoms with Gasteiger partial charge in [0, 0.05) is 56.0 Å². The molecule has 2 aromatic carbocycles. The number of piperidine rings is 1. The summed E-state index contributed by atoms with van der Waals surface area (Å²) >= 11 is 0. The lowest BCUT2D eigenvalue weighted by atomic mass is 10.1. The summed E-state index contributed by atoms with van der Waals surface area (Å²) in [6.07, 6.45) is 3.27. The molecule has 0 amide bonds. The van der Waals surface area contributed by atoms with Crippen molar-refractivity contribution in [1.82, 2.24) is 0 Å². The summed E-state index contributed by atoms with van der Waals surface area (Å²) in [7, 11) is 1.70. The Morgan fingerprint density at radius 3 is 2.48 bits per heavy atom. The Labute approximate surface area is 184 Å². The second-order valence-electron chi connectivity index (χ2n) is 8.74. The molecule has 0 saturated carbocycles. The number of hydrogen-bond donors (Lipinski definition) is 1. The third-order valence-corrected chi connectivity index (χ3v) is 6.37. The summed E-state index contributed by atoms with van der Waals surface area (Å²) < 4.78 is 11.6. The Bertz CT molecular complexity index is 877. The van der Waals surface area contributed by atoms with Gasteiger partial charge in [0.2, 0.25) is 0 Å². The molecule has 0 radical (unpaired) electrons. The molecule has 2 aromatic rings. The van der Waals surface area contributed by atoms with Crippen LogP contribution >= 0.6 is 0 Å². The van der Waals surface area contributed by atoms with Crippen LogP contribution < -0.4 is 19.3 Å². The second kappa shape index (κ2) is 9.50. The topological polar surface area (TPSA) is 62.2 Å². The zero-order chi connectivity index (χ0) is 21.8. The number of hydrogen-bond acceptors (Lipinski definition) is 5. The molecule has 2 aliphatic rings. The smallest absolute Gasteiger partial charge is 0.305 e. The summed E-state index contributed by atoms with van der Waals surface area (Å²) in [6.45, 7) is 5.00. The largest absolute Gasteiger partial charge is 0.497 e. The van der Waals surface area contributed by atoms with E-state index in [4.69, 9.17) is 9.47 Å². The van der Waals surface area contributed by atoms with Crippen LogP contribution in [-0.2, 0) is 4.79 Å². The molecule has 166 valence electrons. The highest BCUT2D eigenvalue weighted by atomic mass is 16.5. The highest BCUT2D eigenvalue weighted by Gasteiger charge is 2.31. The number of methoxy groups -OCH3 is 1. The normalized spacial score (nSPS) is 21.9. The minimum Gasteiger partial charge on any atom is -0.497 e. The SMILES string of the molecule is COc1cccc(N2CCC(Oc3ccc(N4C[C@H](C)C[C@@H]4CC(=O)O)cc3)CC2)c1. The van der Waals surface area contributed by atoms with Crippen LogP contribution in [0.2, 0.25) is 0 Å². The lowest BCUT2D eigenvalue weighted by molar-refractivity contribution is -0.137. The van der Waals surface area contributed by atoms with Crippen molar-refractivity contribution in [3.8, 4) is 11.5 Å². The fourth-order valence-corrected chi connectivity index (χ4v) is 4.81. The van der Waals surface area contributed by atoms with E-state index in [9.17, 15) is 9.90 Å². The Hall–Kier alpha value is -2.89. The number of carbonyl (C=O) groups is 1. The van der Waals surface area contributed by atoms with Crippen molar-refractivity contribution in [2.75, 3.05) is 36.5 Å². The lowest BCUT2D eigenvalue weighted by Crippen LogP contribution is -2.38. The van der Waals surface area contributed by atoms with E-state index in [1.807, 2.05) is 24.3 Å². The monoisotopic (exact) mass is 424 g/mol. The van der Waals surface area contributed by atoms with Gasteiger partial charge in [0.15, 0.2) is 0 Å². The summed E-state index contributed by atoms with van der Waals surface area (Å²) in [4.78, 5) is 15.8. The van der Waals surface area contributed by atoms with Gasteiger partial charge in [0.05, 0.1) is 13.5 Å². The van der Waals surface area contributed by atoms with Gasteiger partial charge in [-0.3, -0.25) is 4.79 Å². The average Bonchev–Trinajstić information content (AvgIpc) is 3.14. The van der Waals surface area contributed by atoms with E-state index >= 15 is 0 Å². The van der Waals surface area contributed by atoms with Crippen LogP contribution in [0.5, 0.6) is 11.5 Å². The Kier molecular flexibility index (Phi) is 6.54. The number of benzene rings is 2. The van der Waals surface area contributed by atoms with Gasteiger partial charge in [-0.25, -0.2) is 0 Å². The fourth-order valence-electron chi connectivity index (χ4n) is 4.81. The molecule has 2 atom stereocenters. The van der Waals surface area contributed by atoms with Crippen LogP contribution in [0.1, 0.15) is 32.6 Å². The van der Waals surface area contributed by atoms with E-state index in [-0.39, 0.29) is 18.6 Å². The molecule has 0 aliphatic carbocycles. The molecule has 2 fully saturated rings. The maximum atomic E-state index is 11.2. The zero-order valence-electron chi connectivity index (χ0n) is 18.4. The number of carboxylic acid groups (broad SMARTS) is 1. The molecule has 31 heavy (non-hydrogen) atoms. The van der Waals surface area contributed by atoms with Gasteiger partial charge in [-0.05, 0) is 48.7 Å². The molecule has 2 saturated heterocycles. The number of aliphatic carboxylic acids is 1. The molecule has 6 heteroatoms. The lowest BCUT2D eigenvalue weighted by Gasteiger charge is -2.34. The third kappa shape index (κ3) is 5.24. The van der Waals surface area contributed by atoms with Gasteiger partial charge in [-0.2, -0.15) is 0 Å². The first-order valence-corrected chi connectivity index (χ1v) is 11.2. The minimum atomic E-state index is -0.732. The molecule has 2 heterocycles. The molecule has 4 rings (SSSR count). The van der Waals surface area contributed by atoms with Crippen LogP contribution in [0.4, 0.5) is 11.4 Å². The Morgan fingerprint density at radius 1 is 1.06 bits per heavy atom. The van der Waals surface area contributed by atoms with Gasteiger partial charge in [0.1, 0.15) is 17.6 Å². The molecule has 0 spiro atoms. The molecule has 1 N–H and O–H groups in total. The first-order valence-electron chi connectivity index (χ1n) is 11.2. The molecule has 6 nitrogen and oxygen atoms in total. The summed E-state index contributed by atoms with van der Waals surface area (Å²) in [6, 6.07) is 16.4. The maximum absolute atomic E-state index is 11.2. The Balaban J connectivity index is 1.32. The van der Waals surface area contributed by atoms with E-state index < -0.39 is 5.97 Å². The highest BCUT2D eigenvalue weighted by Crippen LogP contribution is 2.32. The number of anilines is 2. The van der Waals surface area contributed by atoms with Crippen LogP contribution in [-0.4, -0.2) is 50.0 Å². The second-order valence-corrected chi connectivity index (χ2v) is 8.74. The van der Waals surface area contributed by atoms with Crippen molar-refractivity contribution in [2.45, 2.75) is 44.8 Å². The molecule has 0 bridgehead atoms. The van der Waals surface area contributed by atoms with Gasteiger partial charge in [-0.1, -0.05) is 13.0 Å². The standard InChI is InChI=1S/C25H32N2O4/c1-18-14-21(16-25(28)29)27(17-18)19-6-8-22(9-7-19)31-23-10-12-26(13-11-23)20-4-3-5-24(15-20)30-2/h3-9,15,18,21,23H,10-14,16-17H2,1-2H3,(H,28,29)/t18-,21-/m1/s1. The van der Waals surface area contributed by atoms with E-state index in [1.165, 1.54) is 5.69 Å². The van der Waals surface area contributed by atoms with Crippen LogP contribution in [0.15, 0.2) is 48.5 Å². The molecule has 2 aliphatic heterocycles. The number of nitrogens with zero attached hydrogens (tertiary/aromatic N) is 2. The number of rotatable bonds is 7. The predicted octanol–water partition coefficient (Wildman–Crippen LogP) is 4.43. The molecular formula is C25H32N2O4. The van der Waals surface area contributed by atoms with E-state index in [2.05, 4.69) is 41.0 Å². The van der Waals surface area contributed by atoms with Crippen molar-refractivity contribution in [2.24, 2.45) is 5.92 Å². The van der Waals surface area contributed by atoms with E-state index in [1.54, 1.807) is 7.11 Å². The fraction of sp³-hybridized carbons (Fsp3) is 0.480. The van der Waals surface area contributed by atoms with Crippen molar-refractivity contribution in [3.63, 3.8) is 0 Å². The molecule has 0 unspecified atom stereocenters. The predicted molar refractivity (Wildman–Crippen MR) is 122 cm³/mol. The van der Waals surface area contributed by atoms with Gasteiger partial charge in [0.25, 0.3) is 0 Å². The van der Waals surface area contributed by atoms with Gasteiger partial charge in [-0.15, -0.1) is 0 Å². The zero-order valence-corrected chi connectivity index (χ0v) is 18.4. The maximum Gasteiger partial charge on any atom is 0.305 e. The Morgan fingerprint density at radius 2 is 1.81 bits per heavy atom. The van der Waals surface area contributed by atoms with Gasteiger partial charge >= 0.3 is 5.97 Å². The van der Waals surface area contributed by atoms with Crippen molar-refractivity contribution < 1.29 is 19.4 Å². The van der Waals surface area contributed by atoms with Crippen molar-refractivity contribution in [1.29, 1.82) is 0 Å². The molecule has 0 aromatic heterocycles. The van der Waals surface area contributed by atoms with Gasteiger partial charge < -0.3 is 24.4 Å². The summed E-state index contributed by atoms with van der Waals surface area (Å²) in [5.74, 6) is 1.54. The summed E-state index contributed by atoms with van der Waals surface area (Å²) in [5.41, 5.74) is 2.27. The third-order valence-electron chi connectivity index (χ3n) is 6.37. The van der Waals surface area contributed by atoms with Crippen molar-refractivity contribution in [3.05, 3.63) is 48.5 Å². The van der Waals surface area contributed by atoms with Crippen LogP contribution in [0.3, 0.4) is 0 Å². The summed E-state index contributed by atoms with van der Waals surface area (Å²) in [5, 5.41) is 9.21. The van der Waals surface area contributed by atoms with Crippen LogP contribution in [0.25, 0.3) is 0 Å². The van der Waals surface area contributed by atoms with E-state index in [0.717, 1.165) is 56.1 Å². The number of carboxylic acids is 1. The minimum absolute atomic E-state index is 0.0696. The van der Waals surface area contributed by atoms with Crippen LogP contribution in [0, 0.1) is 5.92 Å². The quantitative estimate of drug-likeness (QED) is 0.709. The number of ether oxygens (including phenoxy) is 2. The molecular weight excluding hydrogens is 392 g/mol. The van der Waals surface area contributed by atoms with E-state index in [0.29, 0.717) is 5.92 Å². The average molecular weight is 425 g/mol. The first-order chi connectivity index (χ1) is 15.0.